The highest BCUT2D eigenvalue weighted by atomic mass is 79.9. The molecule has 0 aromatic heterocycles. The molecule has 0 radical (unpaired) electrons. The van der Waals surface area contributed by atoms with Gasteiger partial charge in [-0.15, -0.1) is 0 Å². The second kappa shape index (κ2) is 7.13. The standard InChI is InChI=1S/C13H17BrN2O3/c1-3-9-8-10(14)4-5-11(9)15-13(19)16(2)7-6-12(17)18/h4-5,8H,3,6-7H2,1-2H3,(H,15,19)(H,17,18). The number of anilines is 1. The molecule has 1 aromatic rings. The Bertz CT molecular complexity index is 477. The zero-order valence-corrected chi connectivity index (χ0v) is 12.5. The molecule has 0 heterocycles. The molecule has 0 unspecified atom stereocenters. The summed E-state index contributed by atoms with van der Waals surface area (Å²) >= 11 is 3.38. The fourth-order valence-corrected chi connectivity index (χ4v) is 1.96. The predicted molar refractivity (Wildman–Crippen MR) is 77.4 cm³/mol. The summed E-state index contributed by atoms with van der Waals surface area (Å²) in [5, 5.41) is 11.4. The lowest BCUT2D eigenvalue weighted by Crippen LogP contribution is -2.33. The molecule has 1 rings (SSSR count). The van der Waals surface area contributed by atoms with Gasteiger partial charge in [-0.3, -0.25) is 4.79 Å². The second-order valence-electron chi connectivity index (χ2n) is 4.15. The van der Waals surface area contributed by atoms with Gasteiger partial charge in [0.25, 0.3) is 0 Å². The first-order valence-corrected chi connectivity index (χ1v) is 6.75. The first-order chi connectivity index (χ1) is 8.93. The Labute approximate surface area is 120 Å². The topological polar surface area (TPSA) is 69.6 Å². The van der Waals surface area contributed by atoms with Gasteiger partial charge in [0.05, 0.1) is 6.42 Å². The highest BCUT2D eigenvalue weighted by Crippen LogP contribution is 2.21. The fraction of sp³-hybridized carbons (Fsp3) is 0.385. The maximum Gasteiger partial charge on any atom is 0.321 e. The van der Waals surface area contributed by atoms with Crippen LogP contribution in [0.1, 0.15) is 18.9 Å². The number of carboxylic acids is 1. The van der Waals surface area contributed by atoms with Crippen LogP contribution in [0, 0.1) is 0 Å². The van der Waals surface area contributed by atoms with Crippen molar-refractivity contribution in [1.29, 1.82) is 0 Å². The summed E-state index contributed by atoms with van der Waals surface area (Å²) in [4.78, 5) is 23.7. The number of carbonyl (C=O) groups excluding carboxylic acids is 1. The minimum atomic E-state index is -0.919. The molecular formula is C13H17BrN2O3. The summed E-state index contributed by atoms with van der Waals surface area (Å²) in [5.41, 5.74) is 1.77. The average molecular weight is 329 g/mol. The number of aryl methyl sites for hydroxylation is 1. The van der Waals surface area contributed by atoms with Crippen LogP contribution >= 0.6 is 15.9 Å². The number of aliphatic carboxylic acids is 1. The van der Waals surface area contributed by atoms with Crippen molar-refractivity contribution in [2.75, 3.05) is 18.9 Å². The zero-order chi connectivity index (χ0) is 14.4. The molecule has 0 aliphatic heterocycles. The Morgan fingerprint density at radius 2 is 2.11 bits per heavy atom. The van der Waals surface area contributed by atoms with Crippen molar-refractivity contribution in [3.05, 3.63) is 28.2 Å². The molecule has 0 spiro atoms. The molecule has 6 heteroatoms. The van der Waals surface area contributed by atoms with Crippen LogP contribution in [-0.4, -0.2) is 35.6 Å². The molecule has 104 valence electrons. The number of hydrogen-bond acceptors (Lipinski definition) is 2. The van der Waals surface area contributed by atoms with E-state index in [2.05, 4.69) is 21.2 Å². The number of nitrogens with zero attached hydrogens (tertiary/aromatic N) is 1. The second-order valence-corrected chi connectivity index (χ2v) is 5.07. The van der Waals surface area contributed by atoms with Crippen LogP contribution in [0.25, 0.3) is 0 Å². The third-order valence-electron chi connectivity index (χ3n) is 2.70. The molecule has 0 bridgehead atoms. The van der Waals surface area contributed by atoms with Gasteiger partial charge in [0.15, 0.2) is 0 Å². The number of amides is 2. The minimum Gasteiger partial charge on any atom is -0.481 e. The molecule has 2 amide bonds. The monoisotopic (exact) mass is 328 g/mol. The van der Waals surface area contributed by atoms with Crippen molar-refractivity contribution >= 4 is 33.6 Å². The maximum atomic E-state index is 11.9. The van der Waals surface area contributed by atoms with E-state index in [-0.39, 0.29) is 19.0 Å². The lowest BCUT2D eigenvalue weighted by molar-refractivity contribution is -0.137. The van der Waals surface area contributed by atoms with Gasteiger partial charge < -0.3 is 15.3 Å². The van der Waals surface area contributed by atoms with E-state index in [9.17, 15) is 9.59 Å². The van der Waals surface area contributed by atoms with Crippen molar-refractivity contribution in [1.82, 2.24) is 4.90 Å². The third kappa shape index (κ3) is 4.90. The predicted octanol–water partition coefficient (Wildman–Crippen LogP) is 2.95. The van der Waals surface area contributed by atoms with Crippen molar-refractivity contribution in [3.63, 3.8) is 0 Å². The van der Waals surface area contributed by atoms with E-state index < -0.39 is 5.97 Å². The van der Waals surface area contributed by atoms with E-state index in [0.717, 1.165) is 22.1 Å². The number of rotatable bonds is 5. The van der Waals surface area contributed by atoms with Crippen LogP contribution in [-0.2, 0) is 11.2 Å². The molecule has 0 fully saturated rings. The smallest absolute Gasteiger partial charge is 0.321 e. The van der Waals surface area contributed by atoms with Gasteiger partial charge in [-0.05, 0) is 30.2 Å². The van der Waals surface area contributed by atoms with Crippen molar-refractivity contribution in [2.45, 2.75) is 19.8 Å². The van der Waals surface area contributed by atoms with Gasteiger partial charge in [-0.1, -0.05) is 22.9 Å². The Kier molecular flexibility index (Phi) is 5.82. The third-order valence-corrected chi connectivity index (χ3v) is 3.19. The number of carbonyl (C=O) groups is 2. The Balaban J connectivity index is 2.68. The lowest BCUT2D eigenvalue weighted by Gasteiger charge is -2.18. The molecule has 19 heavy (non-hydrogen) atoms. The van der Waals surface area contributed by atoms with Crippen molar-refractivity contribution in [3.8, 4) is 0 Å². The molecule has 2 N–H and O–H groups in total. The van der Waals surface area contributed by atoms with Crippen LogP contribution in [0.3, 0.4) is 0 Å². The molecule has 0 atom stereocenters. The van der Waals surface area contributed by atoms with Gasteiger partial charge >= 0.3 is 12.0 Å². The van der Waals surface area contributed by atoms with Gasteiger partial charge in [0.1, 0.15) is 0 Å². The Morgan fingerprint density at radius 1 is 1.42 bits per heavy atom. The van der Waals surface area contributed by atoms with E-state index in [4.69, 9.17) is 5.11 Å². The summed E-state index contributed by atoms with van der Waals surface area (Å²) in [5.74, 6) is -0.919. The Hall–Kier alpha value is -1.56. The molecule has 0 saturated carbocycles. The molecule has 0 aliphatic rings. The number of hydrogen-bond donors (Lipinski definition) is 2. The van der Waals surface area contributed by atoms with E-state index in [1.54, 1.807) is 7.05 Å². The first-order valence-electron chi connectivity index (χ1n) is 5.96. The minimum absolute atomic E-state index is 0.0646. The highest BCUT2D eigenvalue weighted by Gasteiger charge is 2.12. The average Bonchev–Trinajstić information content (AvgIpc) is 2.37. The highest BCUT2D eigenvalue weighted by molar-refractivity contribution is 9.10. The molecule has 1 aromatic carbocycles. The Morgan fingerprint density at radius 3 is 2.68 bits per heavy atom. The van der Waals surface area contributed by atoms with Gasteiger partial charge in [-0.2, -0.15) is 0 Å². The normalized spacial score (nSPS) is 10.1. The summed E-state index contributed by atoms with van der Waals surface area (Å²) in [7, 11) is 1.57. The van der Waals surface area contributed by atoms with Gasteiger partial charge in [0, 0.05) is 23.8 Å². The zero-order valence-electron chi connectivity index (χ0n) is 10.9. The van der Waals surface area contributed by atoms with Crippen LogP contribution in [0.4, 0.5) is 10.5 Å². The number of halogens is 1. The molecule has 0 aliphatic carbocycles. The van der Waals surface area contributed by atoms with E-state index >= 15 is 0 Å². The fourth-order valence-electron chi connectivity index (χ4n) is 1.55. The molecule has 0 saturated heterocycles. The first kappa shape index (κ1) is 15.5. The lowest BCUT2D eigenvalue weighted by atomic mass is 10.1. The van der Waals surface area contributed by atoms with E-state index in [1.165, 1.54) is 4.90 Å². The van der Waals surface area contributed by atoms with E-state index in [1.807, 2.05) is 25.1 Å². The quantitative estimate of drug-likeness (QED) is 0.873. The van der Waals surface area contributed by atoms with Gasteiger partial charge in [0.2, 0.25) is 0 Å². The number of nitrogens with one attached hydrogen (secondary N) is 1. The largest absolute Gasteiger partial charge is 0.481 e. The van der Waals surface area contributed by atoms with Crippen LogP contribution < -0.4 is 5.32 Å². The van der Waals surface area contributed by atoms with Crippen LogP contribution in [0.5, 0.6) is 0 Å². The summed E-state index contributed by atoms with van der Waals surface area (Å²) in [6.07, 6.45) is 0.735. The summed E-state index contributed by atoms with van der Waals surface area (Å²) in [6, 6.07) is 5.32. The van der Waals surface area contributed by atoms with Crippen LogP contribution in [0.2, 0.25) is 0 Å². The van der Waals surface area contributed by atoms with Crippen molar-refractivity contribution < 1.29 is 14.7 Å². The summed E-state index contributed by atoms with van der Waals surface area (Å²) in [6.45, 7) is 2.19. The number of benzene rings is 1. The SMILES string of the molecule is CCc1cc(Br)ccc1NC(=O)N(C)CCC(=O)O. The maximum absolute atomic E-state index is 11.9. The molecule has 5 nitrogen and oxygen atoms in total. The van der Waals surface area contributed by atoms with Gasteiger partial charge in [-0.25, -0.2) is 4.79 Å². The summed E-state index contributed by atoms with van der Waals surface area (Å²) < 4.78 is 0.960. The van der Waals surface area contributed by atoms with Crippen LogP contribution in [0.15, 0.2) is 22.7 Å². The molecular weight excluding hydrogens is 312 g/mol. The van der Waals surface area contributed by atoms with E-state index in [0.29, 0.717) is 0 Å². The van der Waals surface area contributed by atoms with Crippen molar-refractivity contribution in [2.24, 2.45) is 0 Å². The number of urea groups is 1. The number of carboxylic acid groups (broad SMARTS) is 1.